The Kier molecular flexibility index (Phi) is 7.15. The highest BCUT2D eigenvalue weighted by Gasteiger charge is 2.37. The van der Waals surface area contributed by atoms with Crippen molar-refractivity contribution in [1.29, 1.82) is 0 Å². The Morgan fingerprint density at radius 3 is 2.24 bits per heavy atom. The van der Waals surface area contributed by atoms with E-state index < -0.39 is 37.1 Å². The molecule has 3 aromatic carbocycles. The molecule has 11 nitrogen and oxygen atoms in total. The Hall–Kier alpha value is -3.65. The third-order valence-corrected chi connectivity index (χ3v) is 7.54. The SMILES string of the molecule is CC1=NN(c2ccc(Cl)cc2S(=O)(=O)O)C(=O)C1N=Nc1ccc(OS(=O)(=O)c2ccc(C)cc2)cc1. The van der Waals surface area contributed by atoms with Gasteiger partial charge in [-0.1, -0.05) is 29.3 Å². The van der Waals surface area contributed by atoms with Gasteiger partial charge >= 0.3 is 10.1 Å². The number of anilines is 1. The number of benzene rings is 3. The standard InChI is InChI=1S/C23H19ClN4O7S2/c1-14-3-10-19(11-4-14)37(33,34)35-18-8-6-17(7-9-18)25-26-22-15(2)27-28(23(22)29)20-12-5-16(24)13-21(20)36(30,31)32/h3-13,22H,1-2H3,(H,30,31,32). The lowest BCUT2D eigenvalue weighted by Crippen LogP contribution is -2.30. The van der Waals surface area contributed by atoms with Crippen LogP contribution in [0.4, 0.5) is 11.4 Å². The third kappa shape index (κ3) is 5.85. The topological polar surface area (TPSA) is 155 Å². The van der Waals surface area contributed by atoms with E-state index in [1.54, 1.807) is 12.1 Å². The molecule has 0 aliphatic carbocycles. The normalized spacial score (nSPS) is 16.3. The zero-order valence-electron chi connectivity index (χ0n) is 19.3. The number of hydrogen-bond donors (Lipinski definition) is 1. The van der Waals surface area contributed by atoms with Crippen LogP contribution in [0, 0.1) is 6.92 Å². The van der Waals surface area contributed by atoms with E-state index in [1.165, 1.54) is 55.5 Å². The molecule has 0 saturated carbocycles. The number of amides is 1. The number of rotatable bonds is 7. The molecule has 0 radical (unpaired) electrons. The molecule has 1 N–H and O–H groups in total. The highest BCUT2D eigenvalue weighted by Crippen LogP contribution is 2.32. The summed E-state index contributed by atoms with van der Waals surface area (Å²) in [5.74, 6) is -0.640. The van der Waals surface area contributed by atoms with Gasteiger partial charge in [-0.25, -0.2) is 0 Å². The van der Waals surface area contributed by atoms with Crippen LogP contribution in [0.5, 0.6) is 5.75 Å². The lowest BCUT2D eigenvalue weighted by Gasteiger charge is -2.15. The van der Waals surface area contributed by atoms with Crippen molar-refractivity contribution in [3.05, 3.63) is 77.3 Å². The molecule has 0 aromatic heterocycles. The molecule has 1 unspecified atom stereocenters. The van der Waals surface area contributed by atoms with E-state index in [4.69, 9.17) is 15.8 Å². The van der Waals surface area contributed by atoms with E-state index in [-0.39, 0.29) is 27.1 Å². The quantitative estimate of drug-likeness (QED) is 0.252. The first kappa shape index (κ1) is 26.4. The van der Waals surface area contributed by atoms with Crippen molar-refractivity contribution in [2.45, 2.75) is 29.7 Å². The van der Waals surface area contributed by atoms with Gasteiger partial charge in [0.25, 0.3) is 16.0 Å². The minimum Gasteiger partial charge on any atom is -0.379 e. The molecule has 1 aliphatic rings. The molecule has 3 aromatic rings. The maximum absolute atomic E-state index is 12.9. The molecule has 0 saturated heterocycles. The van der Waals surface area contributed by atoms with Gasteiger partial charge in [-0.05, 0) is 68.4 Å². The first-order valence-electron chi connectivity index (χ1n) is 10.5. The summed E-state index contributed by atoms with van der Waals surface area (Å²) in [7, 11) is -8.72. The fourth-order valence-electron chi connectivity index (χ4n) is 3.30. The average molecular weight is 563 g/mol. The summed E-state index contributed by atoms with van der Waals surface area (Å²) < 4.78 is 63.1. The zero-order chi connectivity index (χ0) is 27.0. The summed E-state index contributed by atoms with van der Waals surface area (Å²) in [5, 5.41) is 12.9. The second-order valence-electron chi connectivity index (χ2n) is 7.94. The number of azo groups is 1. The van der Waals surface area contributed by atoms with Crippen LogP contribution in [0.15, 0.2) is 91.9 Å². The van der Waals surface area contributed by atoms with Crippen LogP contribution < -0.4 is 9.19 Å². The number of hydrogen-bond acceptors (Lipinski definition) is 9. The summed E-state index contributed by atoms with van der Waals surface area (Å²) in [4.78, 5) is 12.4. The first-order chi connectivity index (χ1) is 17.3. The van der Waals surface area contributed by atoms with Crippen LogP contribution >= 0.6 is 11.6 Å². The van der Waals surface area contributed by atoms with Gasteiger partial charge in [-0.3, -0.25) is 9.35 Å². The molecule has 0 spiro atoms. The van der Waals surface area contributed by atoms with Gasteiger partial charge in [0.1, 0.15) is 15.5 Å². The zero-order valence-corrected chi connectivity index (χ0v) is 21.7. The average Bonchev–Trinajstić information content (AvgIpc) is 3.11. The van der Waals surface area contributed by atoms with Crippen LogP contribution in [-0.2, 0) is 25.0 Å². The van der Waals surface area contributed by atoms with Crippen LogP contribution in [0.2, 0.25) is 5.02 Å². The third-order valence-electron chi connectivity index (χ3n) is 5.17. The van der Waals surface area contributed by atoms with Crippen molar-refractivity contribution in [3.63, 3.8) is 0 Å². The van der Waals surface area contributed by atoms with E-state index >= 15 is 0 Å². The van der Waals surface area contributed by atoms with Crippen LogP contribution in [0.3, 0.4) is 0 Å². The minimum atomic E-state index is -4.70. The van der Waals surface area contributed by atoms with Gasteiger partial charge in [0, 0.05) is 5.02 Å². The van der Waals surface area contributed by atoms with Crippen LogP contribution in [-0.4, -0.2) is 39.0 Å². The van der Waals surface area contributed by atoms with Crippen LogP contribution in [0.1, 0.15) is 12.5 Å². The van der Waals surface area contributed by atoms with Crippen molar-refractivity contribution < 1.29 is 30.4 Å². The second kappa shape index (κ2) is 10.0. The maximum Gasteiger partial charge on any atom is 0.339 e. The summed E-state index contributed by atoms with van der Waals surface area (Å²) in [6, 6.07) is 14.3. The van der Waals surface area contributed by atoms with E-state index in [0.29, 0.717) is 5.69 Å². The van der Waals surface area contributed by atoms with Crippen molar-refractivity contribution in [1.82, 2.24) is 0 Å². The van der Waals surface area contributed by atoms with Gasteiger partial charge < -0.3 is 4.18 Å². The highest BCUT2D eigenvalue weighted by atomic mass is 35.5. The molecule has 1 heterocycles. The largest absolute Gasteiger partial charge is 0.379 e. The van der Waals surface area contributed by atoms with Gasteiger partial charge in [0.15, 0.2) is 6.04 Å². The number of hydrazone groups is 1. The second-order valence-corrected chi connectivity index (χ2v) is 11.3. The molecule has 1 amide bonds. The molecule has 14 heteroatoms. The Labute approximate surface area is 217 Å². The predicted molar refractivity (Wildman–Crippen MR) is 136 cm³/mol. The van der Waals surface area contributed by atoms with Gasteiger partial charge in [-0.15, -0.1) is 0 Å². The highest BCUT2D eigenvalue weighted by molar-refractivity contribution is 7.87. The molecule has 0 bridgehead atoms. The van der Waals surface area contributed by atoms with Gasteiger partial charge in [-0.2, -0.15) is 37.2 Å². The van der Waals surface area contributed by atoms with Gasteiger partial charge in [0.2, 0.25) is 0 Å². The summed E-state index contributed by atoms with van der Waals surface area (Å²) in [6.07, 6.45) is 0. The molecular formula is C23H19ClN4O7S2. The minimum absolute atomic E-state index is 0.0127. The van der Waals surface area contributed by atoms with E-state index in [9.17, 15) is 26.2 Å². The molecule has 192 valence electrons. The van der Waals surface area contributed by atoms with Crippen molar-refractivity contribution in [3.8, 4) is 5.75 Å². The Morgan fingerprint density at radius 2 is 1.62 bits per heavy atom. The van der Waals surface area contributed by atoms with Gasteiger partial charge in [0.05, 0.1) is 17.1 Å². The first-order valence-corrected chi connectivity index (χ1v) is 13.8. The molecule has 37 heavy (non-hydrogen) atoms. The summed E-state index contributed by atoms with van der Waals surface area (Å²) in [5.41, 5.74) is 1.24. The van der Waals surface area contributed by atoms with E-state index in [1.807, 2.05) is 6.92 Å². The number of nitrogens with zero attached hydrogens (tertiary/aromatic N) is 4. The Bertz CT molecular complexity index is 1640. The van der Waals surface area contributed by atoms with Crippen LogP contribution in [0.25, 0.3) is 0 Å². The number of aryl methyl sites for hydroxylation is 1. The van der Waals surface area contributed by atoms with Crippen molar-refractivity contribution in [2.75, 3.05) is 5.01 Å². The Morgan fingerprint density at radius 1 is 0.973 bits per heavy atom. The molecule has 0 fully saturated rings. The predicted octanol–water partition coefficient (Wildman–Crippen LogP) is 4.54. The smallest absolute Gasteiger partial charge is 0.339 e. The molecule has 4 rings (SSSR count). The lowest BCUT2D eigenvalue weighted by molar-refractivity contribution is -0.117. The van der Waals surface area contributed by atoms with E-state index in [2.05, 4.69) is 15.3 Å². The molecular weight excluding hydrogens is 544 g/mol. The van der Waals surface area contributed by atoms with E-state index in [0.717, 1.165) is 16.6 Å². The number of carbonyl (C=O) groups excluding carboxylic acids is 1. The molecule has 1 aliphatic heterocycles. The fourth-order valence-corrected chi connectivity index (χ4v) is 5.17. The number of halogens is 1. The summed E-state index contributed by atoms with van der Waals surface area (Å²) >= 11 is 5.83. The number of carbonyl (C=O) groups is 1. The van der Waals surface area contributed by atoms with Crippen molar-refractivity contribution in [2.24, 2.45) is 15.3 Å². The lowest BCUT2D eigenvalue weighted by atomic mass is 10.2. The fraction of sp³-hybridized carbons (Fsp3) is 0.130. The van der Waals surface area contributed by atoms with Crippen molar-refractivity contribution >= 4 is 54.8 Å². The Balaban J connectivity index is 1.50. The monoisotopic (exact) mass is 562 g/mol. The maximum atomic E-state index is 12.9. The molecule has 1 atom stereocenters. The summed E-state index contributed by atoms with van der Waals surface area (Å²) in [6.45, 7) is 3.35.